The predicted octanol–water partition coefficient (Wildman–Crippen LogP) is 3.54. The number of H-pyrrole nitrogens is 1. The largest absolute Gasteiger partial charge is 0.337 e. The van der Waals surface area contributed by atoms with Crippen molar-refractivity contribution in [2.45, 2.75) is 18.8 Å². The van der Waals surface area contributed by atoms with Gasteiger partial charge in [-0.25, -0.2) is 9.97 Å². The Bertz CT molecular complexity index is 894. The van der Waals surface area contributed by atoms with Crippen molar-refractivity contribution in [3.8, 4) is 11.4 Å². The Balaban J connectivity index is 1.49. The van der Waals surface area contributed by atoms with E-state index in [1.807, 2.05) is 35.2 Å². The summed E-state index contributed by atoms with van der Waals surface area (Å²) in [7, 11) is 0. The van der Waals surface area contributed by atoms with Gasteiger partial charge in [-0.15, -0.1) is 0 Å². The number of aromatic amines is 1. The zero-order valence-corrected chi connectivity index (χ0v) is 14.9. The molecule has 1 amide bonds. The maximum atomic E-state index is 12.7. The number of halogens is 1. The first kappa shape index (κ1) is 16.7. The Kier molecular flexibility index (Phi) is 4.67. The number of carbonyl (C=O) groups excluding carboxylic acids is 1. The molecule has 0 unspecified atom stereocenters. The Morgan fingerprint density at radius 3 is 2.81 bits per heavy atom. The minimum absolute atomic E-state index is 0.0748. The van der Waals surface area contributed by atoms with E-state index in [0.29, 0.717) is 23.1 Å². The first-order valence-electron chi connectivity index (χ1n) is 8.59. The highest BCUT2D eigenvalue weighted by Gasteiger charge is 2.28. The van der Waals surface area contributed by atoms with Gasteiger partial charge >= 0.3 is 0 Å². The van der Waals surface area contributed by atoms with Crippen LogP contribution >= 0.6 is 11.6 Å². The van der Waals surface area contributed by atoms with Gasteiger partial charge in [0.2, 0.25) is 0 Å². The SMILES string of the molecule is O=C(c1ccc(Cl)cn1)N1CCC[C@H](c2nc(-c3ccccc3)n[nH]2)C1. The number of hydrogen-bond acceptors (Lipinski definition) is 4. The number of likely N-dealkylation sites (tertiary alicyclic amines) is 1. The molecule has 0 spiro atoms. The standard InChI is InChI=1S/C19H18ClN5O/c20-15-8-9-16(21-11-15)19(26)25-10-4-7-14(12-25)18-22-17(23-24-18)13-5-2-1-3-6-13/h1-3,5-6,8-9,11,14H,4,7,10,12H2,(H,22,23,24)/t14-/m0/s1. The molecule has 0 bridgehead atoms. The van der Waals surface area contributed by atoms with E-state index in [4.69, 9.17) is 11.6 Å². The number of pyridine rings is 1. The highest BCUT2D eigenvalue weighted by Crippen LogP contribution is 2.27. The summed E-state index contributed by atoms with van der Waals surface area (Å²) in [6, 6.07) is 13.2. The van der Waals surface area contributed by atoms with Crippen LogP contribution in [0, 0.1) is 0 Å². The lowest BCUT2D eigenvalue weighted by Gasteiger charge is -2.31. The summed E-state index contributed by atoms with van der Waals surface area (Å²) in [6.45, 7) is 1.33. The average Bonchev–Trinajstić information content (AvgIpc) is 3.19. The molecule has 2 aromatic heterocycles. The molecule has 7 heteroatoms. The van der Waals surface area contributed by atoms with Gasteiger partial charge in [-0.1, -0.05) is 41.9 Å². The number of nitrogens with zero attached hydrogens (tertiary/aromatic N) is 4. The van der Waals surface area contributed by atoms with Gasteiger partial charge < -0.3 is 4.90 Å². The quantitative estimate of drug-likeness (QED) is 0.768. The second-order valence-electron chi connectivity index (χ2n) is 6.36. The van der Waals surface area contributed by atoms with Gasteiger partial charge in [-0.2, -0.15) is 5.10 Å². The lowest BCUT2D eigenvalue weighted by atomic mass is 9.97. The summed E-state index contributed by atoms with van der Waals surface area (Å²) in [5, 5.41) is 7.90. The summed E-state index contributed by atoms with van der Waals surface area (Å²) >= 11 is 5.85. The van der Waals surface area contributed by atoms with Crippen LogP contribution in [-0.2, 0) is 0 Å². The van der Waals surface area contributed by atoms with E-state index in [1.54, 1.807) is 12.1 Å². The summed E-state index contributed by atoms with van der Waals surface area (Å²) < 4.78 is 0. The molecular weight excluding hydrogens is 350 g/mol. The fourth-order valence-electron chi connectivity index (χ4n) is 3.22. The molecule has 0 saturated carbocycles. The molecule has 1 N–H and O–H groups in total. The first-order chi connectivity index (χ1) is 12.7. The normalized spacial score (nSPS) is 17.3. The molecule has 1 aromatic carbocycles. The van der Waals surface area contributed by atoms with Crippen molar-refractivity contribution in [2.75, 3.05) is 13.1 Å². The molecule has 1 saturated heterocycles. The molecule has 1 fully saturated rings. The predicted molar refractivity (Wildman–Crippen MR) is 98.9 cm³/mol. The summed E-state index contributed by atoms with van der Waals surface area (Å²) in [4.78, 5) is 23.3. The highest BCUT2D eigenvalue weighted by molar-refractivity contribution is 6.30. The summed E-state index contributed by atoms with van der Waals surface area (Å²) in [5.41, 5.74) is 1.39. The third kappa shape index (κ3) is 3.46. The maximum absolute atomic E-state index is 12.7. The smallest absolute Gasteiger partial charge is 0.272 e. The molecule has 3 heterocycles. The highest BCUT2D eigenvalue weighted by atomic mass is 35.5. The fraction of sp³-hybridized carbons (Fsp3) is 0.263. The van der Waals surface area contributed by atoms with Crippen LogP contribution in [0.15, 0.2) is 48.7 Å². The van der Waals surface area contributed by atoms with Gasteiger partial charge in [-0.3, -0.25) is 9.89 Å². The van der Waals surface area contributed by atoms with E-state index < -0.39 is 0 Å². The van der Waals surface area contributed by atoms with Gasteiger partial charge in [0.1, 0.15) is 11.5 Å². The molecule has 0 radical (unpaired) electrons. The molecular formula is C19H18ClN5O. The number of piperidine rings is 1. The van der Waals surface area contributed by atoms with Gasteiger partial charge in [0.15, 0.2) is 5.82 Å². The molecule has 132 valence electrons. The van der Waals surface area contributed by atoms with Crippen LogP contribution in [0.5, 0.6) is 0 Å². The van der Waals surface area contributed by atoms with E-state index >= 15 is 0 Å². The number of hydrogen-bond donors (Lipinski definition) is 1. The van der Waals surface area contributed by atoms with Crippen molar-refractivity contribution in [3.05, 3.63) is 65.2 Å². The molecule has 4 rings (SSSR count). The zero-order valence-electron chi connectivity index (χ0n) is 14.1. The molecule has 1 aliphatic heterocycles. The molecule has 26 heavy (non-hydrogen) atoms. The minimum atomic E-state index is -0.0748. The number of nitrogens with one attached hydrogen (secondary N) is 1. The number of amides is 1. The van der Waals surface area contributed by atoms with Crippen LogP contribution in [0.25, 0.3) is 11.4 Å². The van der Waals surface area contributed by atoms with E-state index in [0.717, 1.165) is 30.8 Å². The molecule has 0 aliphatic carbocycles. The van der Waals surface area contributed by atoms with Gasteiger partial charge in [0.05, 0.1) is 5.02 Å². The number of rotatable bonds is 3. The van der Waals surface area contributed by atoms with Crippen LogP contribution in [0.4, 0.5) is 0 Å². The first-order valence-corrected chi connectivity index (χ1v) is 8.97. The Morgan fingerprint density at radius 1 is 1.19 bits per heavy atom. The Morgan fingerprint density at radius 2 is 2.04 bits per heavy atom. The van der Waals surface area contributed by atoms with E-state index in [9.17, 15) is 4.79 Å². The van der Waals surface area contributed by atoms with Gasteiger partial charge in [0, 0.05) is 30.8 Å². The summed E-state index contributed by atoms with van der Waals surface area (Å²) in [6.07, 6.45) is 3.39. The lowest BCUT2D eigenvalue weighted by Crippen LogP contribution is -2.39. The van der Waals surface area contributed by atoms with Crippen LogP contribution in [0.3, 0.4) is 0 Å². The molecule has 6 nitrogen and oxygen atoms in total. The van der Waals surface area contributed by atoms with Crippen LogP contribution < -0.4 is 0 Å². The maximum Gasteiger partial charge on any atom is 0.272 e. The fourth-order valence-corrected chi connectivity index (χ4v) is 3.33. The molecule has 3 aromatic rings. The third-order valence-corrected chi connectivity index (χ3v) is 4.80. The van der Waals surface area contributed by atoms with Crippen molar-refractivity contribution in [1.82, 2.24) is 25.1 Å². The average molecular weight is 368 g/mol. The number of aromatic nitrogens is 4. The van der Waals surface area contributed by atoms with Crippen molar-refractivity contribution >= 4 is 17.5 Å². The number of benzene rings is 1. The van der Waals surface area contributed by atoms with Crippen molar-refractivity contribution in [1.29, 1.82) is 0 Å². The molecule has 1 atom stereocenters. The van der Waals surface area contributed by atoms with Crippen molar-refractivity contribution in [2.24, 2.45) is 0 Å². The van der Waals surface area contributed by atoms with Crippen molar-refractivity contribution < 1.29 is 4.79 Å². The van der Waals surface area contributed by atoms with E-state index in [1.165, 1.54) is 6.20 Å². The van der Waals surface area contributed by atoms with Gasteiger partial charge in [-0.05, 0) is 25.0 Å². The van der Waals surface area contributed by atoms with Gasteiger partial charge in [0.25, 0.3) is 5.91 Å². The van der Waals surface area contributed by atoms with E-state index in [2.05, 4.69) is 20.2 Å². The van der Waals surface area contributed by atoms with Crippen LogP contribution in [0.2, 0.25) is 5.02 Å². The van der Waals surface area contributed by atoms with Crippen molar-refractivity contribution in [3.63, 3.8) is 0 Å². The molecule has 1 aliphatic rings. The Hall–Kier alpha value is -2.73. The topological polar surface area (TPSA) is 74.8 Å². The second-order valence-corrected chi connectivity index (χ2v) is 6.80. The third-order valence-electron chi connectivity index (χ3n) is 4.58. The Labute approximate surface area is 156 Å². The lowest BCUT2D eigenvalue weighted by molar-refractivity contribution is 0.0698. The van der Waals surface area contributed by atoms with E-state index in [-0.39, 0.29) is 11.8 Å². The van der Waals surface area contributed by atoms with Crippen LogP contribution in [0.1, 0.15) is 35.1 Å². The van der Waals surface area contributed by atoms with Crippen LogP contribution in [-0.4, -0.2) is 44.1 Å². The summed E-state index contributed by atoms with van der Waals surface area (Å²) in [5.74, 6) is 1.58. The second kappa shape index (κ2) is 7.25. The minimum Gasteiger partial charge on any atom is -0.337 e. The monoisotopic (exact) mass is 367 g/mol. The number of carbonyl (C=O) groups is 1. The zero-order chi connectivity index (χ0) is 17.9.